The Kier molecular flexibility index (Phi) is 3.48. The molecule has 0 atom stereocenters. The van der Waals surface area contributed by atoms with Gasteiger partial charge in [-0.2, -0.15) is 0 Å². The third kappa shape index (κ3) is 2.47. The van der Waals surface area contributed by atoms with E-state index in [2.05, 4.69) is 11.2 Å². The fourth-order valence-electron chi connectivity index (χ4n) is 0.945. The average molecular weight is 210 g/mol. The first-order valence-corrected chi connectivity index (χ1v) is 4.88. The van der Waals surface area contributed by atoms with Gasteiger partial charge in [-0.1, -0.05) is 17.3 Å². The second-order valence-electron chi connectivity index (χ2n) is 2.71. The molecule has 0 saturated heterocycles. The molecular weight excluding hydrogens is 200 g/mol. The standard InChI is InChI=1S/C9H10N2O2S/c1-3-4-10-8(12)5-11-7(2)6-14-9(11)13/h1,6H,4-5H2,2H3,(H,10,12). The van der Waals surface area contributed by atoms with Gasteiger partial charge in [0.1, 0.15) is 6.54 Å². The predicted octanol–water partition coefficient (Wildman–Crippen LogP) is -0.0324. The highest BCUT2D eigenvalue weighted by molar-refractivity contribution is 7.07. The minimum atomic E-state index is -0.244. The second-order valence-corrected chi connectivity index (χ2v) is 3.53. The predicted molar refractivity (Wildman–Crippen MR) is 55.2 cm³/mol. The molecule has 74 valence electrons. The maximum absolute atomic E-state index is 11.2. The summed E-state index contributed by atoms with van der Waals surface area (Å²) in [7, 11) is 0. The highest BCUT2D eigenvalue weighted by atomic mass is 32.1. The van der Waals surface area contributed by atoms with Gasteiger partial charge in [-0.05, 0) is 6.92 Å². The van der Waals surface area contributed by atoms with Crippen molar-refractivity contribution in [1.29, 1.82) is 0 Å². The number of thiazole rings is 1. The molecule has 0 fully saturated rings. The lowest BCUT2D eigenvalue weighted by molar-refractivity contribution is -0.121. The van der Waals surface area contributed by atoms with Crippen molar-refractivity contribution in [2.75, 3.05) is 6.54 Å². The van der Waals surface area contributed by atoms with E-state index < -0.39 is 0 Å². The van der Waals surface area contributed by atoms with Gasteiger partial charge < -0.3 is 5.32 Å². The minimum Gasteiger partial charge on any atom is -0.344 e. The van der Waals surface area contributed by atoms with Gasteiger partial charge >= 0.3 is 4.87 Å². The number of rotatable bonds is 3. The fraction of sp³-hybridized carbons (Fsp3) is 0.333. The third-order valence-corrected chi connectivity index (χ3v) is 2.55. The summed E-state index contributed by atoms with van der Waals surface area (Å²) < 4.78 is 1.41. The Morgan fingerprint density at radius 1 is 1.79 bits per heavy atom. The Morgan fingerprint density at radius 2 is 2.50 bits per heavy atom. The molecule has 5 heteroatoms. The van der Waals surface area contributed by atoms with Crippen LogP contribution in [-0.4, -0.2) is 17.0 Å². The van der Waals surface area contributed by atoms with Crippen LogP contribution in [-0.2, 0) is 11.3 Å². The molecule has 1 heterocycles. The number of aryl methyl sites for hydroxylation is 1. The molecule has 0 radical (unpaired) electrons. The van der Waals surface area contributed by atoms with Crippen molar-refractivity contribution in [3.63, 3.8) is 0 Å². The number of nitrogens with one attached hydrogen (secondary N) is 1. The summed E-state index contributed by atoms with van der Waals surface area (Å²) in [5, 5.41) is 4.21. The van der Waals surface area contributed by atoms with E-state index in [1.807, 2.05) is 0 Å². The van der Waals surface area contributed by atoms with Crippen molar-refractivity contribution in [3.8, 4) is 12.3 Å². The number of hydrogen-bond donors (Lipinski definition) is 1. The Balaban J connectivity index is 2.66. The lowest BCUT2D eigenvalue weighted by atomic mass is 10.5. The van der Waals surface area contributed by atoms with Crippen LogP contribution in [0.15, 0.2) is 10.2 Å². The summed E-state index contributed by atoms with van der Waals surface area (Å²) in [6, 6.07) is 0. The lowest BCUT2D eigenvalue weighted by Crippen LogP contribution is -2.31. The van der Waals surface area contributed by atoms with E-state index >= 15 is 0 Å². The topological polar surface area (TPSA) is 51.1 Å². The third-order valence-electron chi connectivity index (χ3n) is 1.67. The Hall–Kier alpha value is -1.54. The number of carbonyl (C=O) groups is 1. The molecule has 1 N–H and O–H groups in total. The molecule has 4 nitrogen and oxygen atoms in total. The van der Waals surface area contributed by atoms with Crippen molar-refractivity contribution < 1.29 is 4.79 Å². The summed E-state index contributed by atoms with van der Waals surface area (Å²) >= 11 is 1.08. The largest absolute Gasteiger partial charge is 0.344 e. The summed E-state index contributed by atoms with van der Waals surface area (Å²) in [5.41, 5.74) is 0.788. The summed E-state index contributed by atoms with van der Waals surface area (Å²) in [4.78, 5) is 22.3. The maximum Gasteiger partial charge on any atom is 0.307 e. The van der Waals surface area contributed by atoms with Gasteiger partial charge in [-0.25, -0.2) is 0 Å². The van der Waals surface area contributed by atoms with Gasteiger partial charge in [0.15, 0.2) is 0 Å². The van der Waals surface area contributed by atoms with Gasteiger partial charge in [-0.3, -0.25) is 14.2 Å². The van der Waals surface area contributed by atoms with E-state index in [1.165, 1.54) is 4.57 Å². The highest BCUT2D eigenvalue weighted by Gasteiger charge is 2.06. The van der Waals surface area contributed by atoms with Crippen LogP contribution in [0.4, 0.5) is 0 Å². The van der Waals surface area contributed by atoms with Gasteiger partial charge in [0.2, 0.25) is 5.91 Å². The zero-order chi connectivity index (χ0) is 10.6. The van der Waals surface area contributed by atoms with E-state index in [1.54, 1.807) is 12.3 Å². The van der Waals surface area contributed by atoms with Crippen LogP contribution in [0, 0.1) is 19.3 Å². The Labute approximate surface area is 85.6 Å². The molecule has 1 rings (SSSR count). The average Bonchev–Trinajstić information content (AvgIpc) is 2.46. The first kappa shape index (κ1) is 10.5. The van der Waals surface area contributed by atoms with Crippen LogP contribution in [0.1, 0.15) is 5.69 Å². The molecule has 1 aromatic rings. The number of hydrogen-bond acceptors (Lipinski definition) is 3. The molecule has 0 bridgehead atoms. The molecule has 0 aliphatic heterocycles. The van der Waals surface area contributed by atoms with Crippen LogP contribution in [0.5, 0.6) is 0 Å². The maximum atomic E-state index is 11.2. The van der Waals surface area contributed by atoms with Crippen molar-refractivity contribution in [3.05, 3.63) is 20.7 Å². The molecule has 0 aliphatic rings. The second kappa shape index (κ2) is 4.63. The molecule has 0 aromatic carbocycles. The van der Waals surface area contributed by atoms with Crippen molar-refractivity contribution in [2.24, 2.45) is 0 Å². The van der Waals surface area contributed by atoms with Crippen LogP contribution in [0.25, 0.3) is 0 Å². The van der Waals surface area contributed by atoms with Gasteiger partial charge in [0.05, 0.1) is 6.54 Å². The van der Waals surface area contributed by atoms with E-state index in [0.717, 1.165) is 17.0 Å². The van der Waals surface area contributed by atoms with E-state index in [0.29, 0.717) is 0 Å². The van der Waals surface area contributed by atoms with Crippen LogP contribution >= 0.6 is 11.3 Å². The number of amides is 1. The monoisotopic (exact) mass is 210 g/mol. The highest BCUT2D eigenvalue weighted by Crippen LogP contribution is 1.98. The number of aromatic nitrogens is 1. The van der Waals surface area contributed by atoms with E-state index in [9.17, 15) is 9.59 Å². The van der Waals surface area contributed by atoms with Gasteiger partial charge in [0, 0.05) is 11.1 Å². The minimum absolute atomic E-state index is 0.0375. The summed E-state index contributed by atoms with van der Waals surface area (Å²) in [6.07, 6.45) is 4.98. The molecule has 0 spiro atoms. The number of terminal acetylenes is 1. The Bertz CT molecular complexity index is 425. The van der Waals surface area contributed by atoms with Gasteiger partial charge in [0.25, 0.3) is 0 Å². The van der Waals surface area contributed by atoms with Crippen LogP contribution < -0.4 is 10.2 Å². The van der Waals surface area contributed by atoms with E-state index in [-0.39, 0.29) is 23.9 Å². The first-order chi connectivity index (χ1) is 6.65. The number of nitrogens with zero attached hydrogens (tertiary/aromatic N) is 1. The molecular formula is C9H10N2O2S. The molecule has 1 aromatic heterocycles. The molecule has 14 heavy (non-hydrogen) atoms. The summed E-state index contributed by atoms with van der Waals surface area (Å²) in [6.45, 7) is 2.01. The smallest absolute Gasteiger partial charge is 0.307 e. The number of carbonyl (C=O) groups excluding carboxylic acids is 1. The van der Waals surface area contributed by atoms with Crippen molar-refractivity contribution in [2.45, 2.75) is 13.5 Å². The zero-order valence-corrected chi connectivity index (χ0v) is 8.56. The molecule has 1 amide bonds. The molecule has 0 unspecified atom stereocenters. The summed E-state index contributed by atoms with van der Waals surface area (Å²) in [5.74, 6) is 2.05. The SMILES string of the molecule is C#CCNC(=O)Cn1c(C)csc1=O. The molecule has 0 saturated carbocycles. The normalized spacial score (nSPS) is 9.43. The zero-order valence-electron chi connectivity index (χ0n) is 7.74. The van der Waals surface area contributed by atoms with Crippen LogP contribution in [0.3, 0.4) is 0 Å². The fourth-order valence-corrected chi connectivity index (χ4v) is 1.68. The van der Waals surface area contributed by atoms with Crippen molar-refractivity contribution >= 4 is 17.2 Å². The molecule has 0 aliphatic carbocycles. The Morgan fingerprint density at radius 3 is 3.00 bits per heavy atom. The van der Waals surface area contributed by atoms with E-state index in [4.69, 9.17) is 6.42 Å². The quantitative estimate of drug-likeness (QED) is 0.712. The first-order valence-electron chi connectivity index (χ1n) is 4.00. The van der Waals surface area contributed by atoms with Crippen molar-refractivity contribution in [1.82, 2.24) is 9.88 Å². The van der Waals surface area contributed by atoms with Gasteiger partial charge in [-0.15, -0.1) is 6.42 Å². The lowest BCUT2D eigenvalue weighted by Gasteiger charge is -2.03. The van der Waals surface area contributed by atoms with Crippen LogP contribution in [0.2, 0.25) is 0 Å².